The third kappa shape index (κ3) is 3.17. The van der Waals surface area contributed by atoms with E-state index in [1.807, 2.05) is 0 Å². The highest BCUT2D eigenvalue weighted by molar-refractivity contribution is 5.68. The molecular formula is C11H13NO5. The topological polar surface area (TPSA) is 89.7 Å². The summed E-state index contributed by atoms with van der Waals surface area (Å²) >= 11 is 0. The van der Waals surface area contributed by atoms with Crippen LogP contribution in [0.3, 0.4) is 0 Å². The van der Waals surface area contributed by atoms with E-state index in [0.29, 0.717) is 5.56 Å². The lowest BCUT2D eigenvalue weighted by atomic mass is 9.97. The summed E-state index contributed by atoms with van der Waals surface area (Å²) in [5, 5.41) is 19.5. The van der Waals surface area contributed by atoms with E-state index in [1.54, 1.807) is 13.0 Å². The maximum atomic E-state index is 10.8. The van der Waals surface area contributed by atoms with Crippen LogP contribution in [0.5, 0.6) is 5.75 Å². The highest BCUT2D eigenvalue weighted by Gasteiger charge is 2.18. The number of hydrogen-bond acceptors (Lipinski definition) is 4. The summed E-state index contributed by atoms with van der Waals surface area (Å²) in [6.45, 7) is 1.71. The minimum atomic E-state index is -0.934. The predicted molar refractivity (Wildman–Crippen MR) is 60.3 cm³/mol. The van der Waals surface area contributed by atoms with E-state index in [-0.39, 0.29) is 23.8 Å². The normalized spacial score (nSPS) is 11.9. The van der Waals surface area contributed by atoms with E-state index in [9.17, 15) is 14.9 Å². The first-order valence-electron chi connectivity index (χ1n) is 4.99. The second kappa shape index (κ2) is 5.29. The molecule has 92 valence electrons. The fourth-order valence-electron chi connectivity index (χ4n) is 1.54. The molecule has 0 amide bonds. The smallest absolute Gasteiger partial charge is 0.311 e. The lowest BCUT2D eigenvalue weighted by molar-refractivity contribution is -0.385. The SMILES string of the molecule is COc1ccc(C(C)CC(=O)O)cc1[N+](=O)[O-]. The molecule has 0 spiro atoms. The fraction of sp³-hybridized carbons (Fsp3) is 0.364. The highest BCUT2D eigenvalue weighted by atomic mass is 16.6. The fourth-order valence-corrected chi connectivity index (χ4v) is 1.54. The first-order valence-corrected chi connectivity index (χ1v) is 4.99. The van der Waals surface area contributed by atoms with Crippen LogP contribution >= 0.6 is 0 Å². The van der Waals surface area contributed by atoms with Crippen molar-refractivity contribution < 1.29 is 19.6 Å². The second-order valence-corrected chi connectivity index (χ2v) is 3.69. The molecule has 0 heterocycles. The first kappa shape index (κ1) is 13.0. The van der Waals surface area contributed by atoms with Crippen molar-refractivity contribution in [2.75, 3.05) is 7.11 Å². The molecule has 1 unspecified atom stereocenters. The minimum absolute atomic E-state index is 0.0660. The van der Waals surface area contributed by atoms with Crippen LogP contribution in [-0.4, -0.2) is 23.1 Å². The van der Waals surface area contributed by atoms with Gasteiger partial charge < -0.3 is 9.84 Å². The van der Waals surface area contributed by atoms with Gasteiger partial charge in [-0.3, -0.25) is 14.9 Å². The Morgan fingerprint density at radius 3 is 2.71 bits per heavy atom. The zero-order chi connectivity index (χ0) is 13.0. The summed E-state index contributed by atoms with van der Waals surface area (Å²) in [5.74, 6) is -1.05. The summed E-state index contributed by atoms with van der Waals surface area (Å²) < 4.78 is 4.86. The van der Waals surface area contributed by atoms with Gasteiger partial charge in [-0.25, -0.2) is 0 Å². The molecule has 0 radical (unpaired) electrons. The van der Waals surface area contributed by atoms with E-state index in [1.165, 1.54) is 19.2 Å². The number of carboxylic acid groups (broad SMARTS) is 1. The molecule has 0 aliphatic heterocycles. The number of carbonyl (C=O) groups is 1. The van der Waals surface area contributed by atoms with Gasteiger partial charge in [0.1, 0.15) is 0 Å². The number of ether oxygens (including phenoxy) is 1. The summed E-state index contributed by atoms with van der Waals surface area (Å²) in [7, 11) is 1.35. The molecule has 1 rings (SSSR count). The van der Waals surface area contributed by atoms with Crippen LogP contribution in [0.1, 0.15) is 24.8 Å². The lowest BCUT2D eigenvalue weighted by Gasteiger charge is -2.10. The van der Waals surface area contributed by atoms with Gasteiger partial charge in [-0.2, -0.15) is 0 Å². The Kier molecular flexibility index (Phi) is 4.03. The maximum Gasteiger partial charge on any atom is 0.311 e. The van der Waals surface area contributed by atoms with E-state index in [0.717, 1.165) is 0 Å². The van der Waals surface area contributed by atoms with Crippen molar-refractivity contribution in [2.45, 2.75) is 19.3 Å². The Balaban J connectivity index is 3.07. The van der Waals surface area contributed by atoms with Crippen LogP contribution in [0.15, 0.2) is 18.2 Å². The van der Waals surface area contributed by atoms with Crippen molar-refractivity contribution in [3.05, 3.63) is 33.9 Å². The largest absolute Gasteiger partial charge is 0.490 e. The van der Waals surface area contributed by atoms with E-state index >= 15 is 0 Å². The summed E-state index contributed by atoms with van der Waals surface area (Å²) in [6, 6.07) is 4.47. The molecule has 0 saturated heterocycles. The molecule has 0 fully saturated rings. The molecule has 1 aromatic rings. The van der Waals surface area contributed by atoms with Gasteiger partial charge in [-0.1, -0.05) is 13.0 Å². The molecule has 1 aromatic carbocycles. The summed E-state index contributed by atoms with van der Waals surface area (Å²) in [5.41, 5.74) is 0.460. The van der Waals surface area contributed by atoms with Gasteiger partial charge in [-0.15, -0.1) is 0 Å². The van der Waals surface area contributed by atoms with Crippen LogP contribution in [0.2, 0.25) is 0 Å². The van der Waals surface area contributed by atoms with Gasteiger partial charge in [0.05, 0.1) is 18.5 Å². The van der Waals surface area contributed by atoms with Crippen molar-refractivity contribution >= 4 is 11.7 Å². The van der Waals surface area contributed by atoms with Gasteiger partial charge in [0.25, 0.3) is 0 Å². The number of rotatable bonds is 5. The van der Waals surface area contributed by atoms with Crippen LogP contribution < -0.4 is 4.74 Å². The molecule has 0 aliphatic carbocycles. The molecule has 0 bridgehead atoms. The van der Waals surface area contributed by atoms with Crippen LogP contribution in [0.4, 0.5) is 5.69 Å². The lowest BCUT2D eigenvalue weighted by Crippen LogP contribution is -2.04. The Morgan fingerprint density at radius 1 is 1.59 bits per heavy atom. The maximum absolute atomic E-state index is 10.8. The molecule has 0 saturated carbocycles. The quantitative estimate of drug-likeness (QED) is 0.628. The van der Waals surface area contributed by atoms with Crippen LogP contribution in [0, 0.1) is 10.1 Å². The number of nitro benzene ring substituents is 1. The number of carboxylic acids is 1. The van der Waals surface area contributed by atoms with E-state index < -0.39 is 10.9 Å². The van der Waals surface area contributed by atoms with E-state index in [4.69, 9.17) is 9.84 Å². The average molecular weight is 239 g/mol. The molecule has 6 nitrogen and oxygen atoms in total. The van der Waals surface area contributed by atoms with Gasteiger partial charge in [0.15, 0.2) is 5.75 Å². The summed E-state index contributed by atoms with van der Waals surface area (Å²) in [4.78, 5) is 20.8. The number of benzene rings is 1. The predicted octanol–water partition coefficient (Wildman–Crippen LogP) is 2.18. The molecule has 1 N–H and O–H groups in total. The van der Waals surface area contributed by atoms with E-state index in [2.05, 4.69) is 0 Å². The van der Waals surface area contributed by atoms with Crippen molar-refractivity contribution in [3.8, 4) is 5.75 Å². The molecule has 17 heavy (non-hydrogen) atoms. The summed E-state index contributed by atoms with van der Waals surface area (Å²) in [6.07, 6.45) is -0.0660. The Labute approximate surface area is 98.0 Å². The highest BCUT2D eigenvalue weighted by Crippen LogP contribution is 2.31. The Bertz CT molecular complexity index is 443. The molecule has 0 aromatic heterocycles. The van der Waals surface area contributed by atoms with Crippen molar-refractivity contribution in [1.82, 2.24) is 0 Å². The van der Waals surface area contributed by atoms with Crippen molar-refractivity contribution in [1.29, 1.82) is 0 Å². The van der Waals surface area contributed by atoms with Gasteiger partial charge in [0, 0.05) is 6.07 Å². The molecule has 6 heteroatoms. The molecule has 0 aliphatic rings. The first-order chi connectivity index (χ1) is 7.95. The monoisotopic (exact) mass is 239 g/mol. The average Bonchev–Trinajstić information content (AvgIpc) is 2.27. The Hall–Kier alpha value is -2.11. The van der Waals surface area contributed by atoms with Crippen molar-refractivity contribution in [2.24, 2.45) is 0 Å². The second-order valence-electron chi connectivity index (χ2n) is 3.69. The number of nitrogens with zero attached hydrogens (tertiary/aromatic N) is 1. The number of nitro groups is 1. The van der Waals surface area contributed by atoms with Gasteiger partial charge in [-0.05, 0) is 17.5 Å². The van der Waals surface area contributed by atoms with Crippen LogP contribution in [-0.2, 0) is 4.79 Å². The Morgan fingerprint density at radius 2 is 2.24 bits per heavy atom. The standard InChI is InChI=1S/C11H13NO5/c1-7(5-11(13)14)8-3-4-10(17-2)9(6-8)12(15)16/h3-4,6-7H,5H2,1-2H3,(H,13,14). The zero-order valence-electron chi connectivity index (χ0n) is 9.54. The third-order valence-electron chi connectivity index (χ3n) is 2.45. The zero-order valence-corrected chi connectivity index (χ0v) is 9.54. The van der Waals surface area contributed by atoms with Gasteiger partial charge in [0.2, 0.25) is 0 Å². The third-order valence-corrected chi connectivity index (χ3v) is 2.45. The van der Waals surface area contributed by atoms with Crippen LogP contribution in [0.25, 0.3) is 0 Å². The molecule has 1 atom stereocenters. The number of hydrogen-bond donors (Lipinski definition) is 1. The number of methoxy groups -OCH3 is 1. The minimum Gasteiger partial charge on any atom is -0.490 e. The van der Waals surface area contributed by atoms with Gasteiger partial charge >= 0.3 is 11.7 Å². The van der Waals surface area contributed by atoms with Crippen molar-refractivity contribution in [3.63, 3.8) is 0 Å². The number of aliphatic carboxylic acids is 1. The molecular weight excluding hydrogens is 226 g/mol.